The fourth-order valence-electron chi connectivity index (χ4n) is 2.57. The van der Waals surface area contributed by atoms with E-state index in [9.17, 15) is 0 Å². The molecule has 2 aromatic rings. The zero-order valence-corrected chi connectivity index (χ0v) is 17.1. The first-order chi connectivity index (χ1) is 13.6. The molecule has 0 fully saturated rings. The fourth-order valence-corrected chi connectivity index (χ4v) is 2.57. The van der Waals surface area contributed by atoms with Gasteiger partial charge in [0.2, 0.25) is 0 Å². The summed E-state index contributed by atoms with van der Waals surface area (Å²) >= 11 is 0. The number of nitrogens with zero attached hydrogens (tertiary/aromatic N) is 1. The SMILES string of the molecule is CN=C(NCc1ccc(OC)cc1OC)NCC(C)Oc1ccc(OC)cc1. The van der Waals surface area contributed by atoms with Crippen LogP contribution in [0.1, 0.15) is 12.5 Å². The van der Waals surface area contributed by atoms with E-state index in [1.807, 2.05) is 49.4 Å². The summed E-state index contributed by atoms with van der Waals surface area (Å²) in [6.45, 7) is 3.17. The lowest BCUT2D eigenvalue weighted by Gasteiger charge is -2.18. The van der Waals surface area contributed by atoms with Gasteiger partial charge in [-0.2, -0.15) is 0 Å². The van der Waals surface area contributed by atoms with Gasteiger partial charge in [0.05, 0.1) is 27.9 Å². The van der Waals surface area contributed by atoms with Gasteiger partial charge in [-0.25, -0.2) is 0 Å². The summed E-state index contributed by atoms with van der Waals surface area (Å²) < 4.78 is 21.7. The molecule has 7 nitrogen and oxygen atoms in total. The van der Waals surface area contributed by atoms with E-state index in [2.05, 4.69) is 15.6 Å². The molecule has 0 aliphatic rings. The van der Waals surface area contributed by atoms with Crippen LogP contribution in [0.5, 0.6) is 23.0 Å². The molecule has 1 unspecified atom stereocenters. The highest BCUT2D eigenvalue weighted by Crippen LogP contribution is 2.24. The molecule has 0 spiro atoms. The molecule has 0 saturated carbocycles. The summed E-state index contributed by atoms with van der Waals surface area (Å²) in [5.74, 6) is 3.80. The Morgan fingerprint density at radius 1 is 0.893 bits per heavy atom. The van der Waals surface area contributed by atoms with Gasteiger partial charge in [-0.1, -0.05) is 0 Å². The molecular formula is C21H29N3O4. The second-order valence-corrected chi connectivity index (χ2v) is 6.09. The molecular weight excluding hydrogens is 358 g/mol. The maximum atomic E-state index is 5.90. The third-order valence-corrected chi connectivity index (χ3v) is 4.12. The van der Waals surface area contributed by atoms with Crippen LogP contribution < -0.4 is 29.6 Å². The minimum Gasteiger partial charge on any atom is -0.497 e. The molecule has 0 radical (unpaired) electrons. The monoisotopic (exact) mass is 387 g/mol. The molecule has 0 heterocycles. The number of hydrogen-bond donors (Lipinski definition) is 2. The topological polar surface area (TPSA) is 73.3 Å². The number of hydrogen-bond acceptors (Lipinski definition) is 5. The Hall–Kier alpha value is -3.09. The summed E-state index contributed by atoms with van der Waals surface area (Å²) in [5.41, 5.74) is 1.01. The highest BCUT2D eigenvalue weighted by molar-refractivity contribution is 5.79. The summed E-state index contributed by atoms with van der Waals surface area (Å²) in [7, 11) is 6.65. The van der Waals surface area contributed by atoms with Gasteiger partial charge in [0.1, 0.15) is 29.1 Å². The standard InChI is InChI=1S/C21H29N3O4/c1-15(28-18-10-8-17(25-3)9-11-18)13-23-21(22-2)24-14-16-6-7-19(26-4)12-20(16)27-5/h6-12,15H,13-14H2,1-5H3,(H2,22,23,24). The lowest BCUT2D eigenvalue weighted by atomic mass is 10.2. The van der Waals surface area contributed by atoms with Crippen LogP contribution in [0.25, 0.3) is 0 Å². The molecule has 2 rings (SSSR count). The van der Waals surface area contributed by atoms with E-state index in [4.69, 9.17) is 18.9 Å². The molecule has 7 heteroatoms. The number of rotatable bonds is 9. The summed E-state index contributed by atoms with van der Waals surface area (Å²) in [6.07, 6.45) is -0.0394. The number of methoxy groups -OCH3 is 3. The Balaban J connectivity index is 1.83. The van der Waals surface area contributed by atoms with Crippen molar-refractivity contribution in [2.75, 3.05) is 34.9 Å². The Labute approximate surface area is 166 Å². The molecule has 0 amide bonds. The van der Waals surface area contributed by atoms with E-state index in [1.165, 1.54) is 0 Å². The Bertz CT molecular complexity index is 763. The third-order valence-electron chi connectivity index (χ3n) is 4.12. The smallest absolute Gasteiger partial charge is 0.191 e. The molecule has 0 aliphatic carbocycles. The maximum Gasteiger partial charge on any atom is 0.191 e. The number of nitrogens with one attached hydrogen (secondary N) is 2. The summed E-state index contributed by atoms with van der Waals surface area (Å²) in [5, 5.41) is 6.54. The first-order valence-electron chi connectivity index (χ1n) is 9.05. The van der Waals surface area contributed by atoms with Gasteiger partial charge in [-0.05, 0) is 43.3 Å². The normalized spacial score (nSPS) is 12.1. The van der Waals surface area contributed by atoms with Gasteiger partial charge < -0.3 is 29.6 Å². The van der Waals surface area contributed by atoms with Crippen molar-refractivity contribution in [1.29, 1.82) is 0 Å². The molecule has 2 aromatic carbocycles. The molecule has 152 valence electrons. The van der Waals surface area contributed by atoms with Gasteiger partial charge in [0, 0.05) is 25.2 Å². The van der Waals surface area contributed by atoms with Crippen LogP contribution in [0, 0.1) is 0 Å². The third kappa shape index (κ3) is 6.26. The summed E-state index contributed by atoms with van der Waals surface area (Å²) in [6, 6.07) is 13.2. The van der Waals surface area contributed by atoms with Crippen LogP contribution >= 0.6 is 0 Å². The van der Waals surface area contributed by atoms with Crippen LogP contribution in [0.15, 0.2) is 47.5 Å². The predicted molar refractivity (Wildman–Crippen MR) is 111 cm³/mol. The number of ether oxygens (including phenoxy) is 4. The highest BCUT2D eigenvalue weighted by atomic mass is 16.5. The lowest BCUT2D eigenvalue weighted by molar-refractivity contribution is 0.223. The van der Waals surface area contributed by atoms with E-state index >= 15 is 0 Å². The maximum absolute atomic E-state index is 5.90. The Morgan fingerprint density at radius 3 is 2.14 bits per heavy atom. The van der Waals surface area contributed by atoms with Crippen LogP contribution in [-0.4, -0.2) is 47.0 Å². The van der Waals surface area contributed by atoms with Crippen molar-refractivity contribution in [3.05, 3.63) is 48.0 Å². The van der Waals surface area contributed by atoms with Crippen molar-refractivity contribution in [3.8, 4) is 23.0 Å². The van der Waals surface area contributed by atoms with Crippen LogP contribution in [0.2, 0.25) is 0 Å². The van der Waals surface area contributed by atoms with E-state index in [-0.39, 0.29) is 6.10 Å². The zero-order chi connectivity index (χ0) is 20.4. The van der Waals surface area contributed by atoms with Crippen LogP contribution in [0.4, 0.5) is 0 Å². The molecule has 0 aliphatic heterocycles. The minimum absolute atomic E-state index is 0.0394. The van der Waals surface area contributed by atoms with Crippen molar-refractivity contribution in [3.63, 3.8) is 0 Å². The quantitative estimate of drug-likeness (QED) is 0.509. The van der Waals surface area contributed by atoms with E-state index < -0.39 is 0 Å². The molecule has 0 aromatic heterocycles. The average Bonchev–Trinajstić information content (AvgIpc) is 2.74. The lowest BCUT2D eigenvalue weighted by Crippen LogP contribution is -2.41. The molecule has 0 saturated heterocycles. The average molecular weight is 387 g/mol. The van der Waals surface area contributed by atoms with Crippen LogP contribution in [0.3, 0.4) is 0 Å². The number of guanidine groups is 1. The van der Waals surface area contributed by atoms with Gasteiger partial charge >= 0.3 is 0 Å². The van der Waals surface area contributed by atoms with Crippen molar-refractivity contribution >= 4 is 5.96 Å². The highest BCUT2D eigenvalue weighted by Gasteiger charge is 2.08. The Kier molecular flexibility index (Phi) is 8.27. The fraction of sp³-hybridized carbons (Fsp3) is 0.381. The van der Waals surface area contributed by atoms with Crippen LogP contribution in [-0.2, 0) is 6.54 Å². The number of benzene rings is 2. The van der Waals surface area contributed by atoms with Gasteiger partial charge in [0.15, 0.2) is 5.96 Å². The first-order valence-corrected chi connectivity index (χ1v) is 9.05. The number of aliphatic imine (C=N–C) groups is 1. The first kappa shape index (κ1) is 21.2. The molecule has 1 atom stereocenters. The second kappa shape index (κ2) is 10.9. The predicted octanol–water partition coefficient (Wildman–Crippen LogP) is 2.84. The van der Waals surface area contributed by atoms with Gasteiger partial charge in [0.25, 0.3) is 0 Å². The van der Waals surface area contributed by atoms with E-state index in [0.29, 0.717) is 19.0 Å². The van der Waals surface area contributed by atoms with Gasteiger partial charge in [-0.15, -0.1) is 0 Å². The molecule has 2 N–H and O–H groups in total. The molecule has 0 bridgehead atoms. The van der Waals surface area contributed by atoms with Crippen molar-refractivity contribution < 1.29 is 18.9 Å². The second-order valence-electron chi connectivity index (χ2n) is 6.09. The Morgan fingerprint density at radius 2 is 1.54 bits per heavy atom. The van der Waals surface area contributed by atoms with E-state index in [0.717, 1.165) is 28.6 Å². The van der Waals surface area contributed by atoms with Crippen molar-refractivity contribution in [2.45, 2.75) is 19.6 Å². The van der Waals surface area contributed by atoms with Gasteiger partial charge in [-0.3, -0.25) is 4.99 Å². The van der Waals surface area contributed by atoms with Crippen molar-refractivity contribution in [1.82, 2.24) is 10.6 Å². The van der Waals surface area contributed by atoms with Crippen molar-refractivity contribution in [2.24, 2.45) is 4.99 Å². The largest absolute Gasteiger partial charge is 0.497 e. The minimum atomic E-state index is -0.0394. The van der Waals surface area contributed by atoms with E-state index in [1.54, 1.807) is 28.4 Å². The zero-order valence-electron chi connectivity index (χ0n) is 17.1. The summed E-state index contributed by atoms with van der Waals surface area (Å²) in [4.78, 5) is 4.25. The molecule has 28 heavy (non-hydrogen) atoms.